The zero-order valence-electron chi connectivity index (χ0n) is 9.58. The van der Waals surface area contributed by atoms with Crippen LogP contribution in [0.5, 0.6) is 0 Å². The first-order chi connectivity index (χ1) is 6.77. The number of carboxylic acid groups (broad SMARTS) is 1. The molecule has 1 atom stereocenters. The number of aliphatic carboxylic acids is 1. The van der Waals surface area contributed by atoms with Crippen molar-refractivity contribution in [1.29, 1.82) is 0 Å². The lowest BCUT2D eigenvalue weighted by atomic mass is 9.97. The lowest BCUT2D eigenvalue weighted by Crippen LogP contribution is -2.49. The van der Waals surface area contributed by atoms with Crippen molar-refractivity contribution in [3.8, 4) is 0 Å². The van der Waals surface area contributed by atoms with E-state index in [9.17, 15) is 15.0 Å². The maximum absolute atomic E-state index is 10.6. The largest absolute Gasteiger partial charge is 0.479 e. The Balaban J connectivity index is 4.03. The third-order valence-corrected chi connectivity index (χ3v) is 2.70. The summed E-state index contributed by atoms with van der Waals surface area (Å²) in [6.45, 7) is 5.15. The number of hydrogen-bond donors (Lipinski definition) is 4. The van der Waals surface area contributed by atoms with Crippen molar-refractivity contribution in [2.45, 2.75) is 44.8 Å². The molecule has 5 nitrogen and oxygen atoms in total. The van der Waals surface area contributed by atoms with Crippen LogP contribution in [0.25, 0.3) is 0 Å². The molecule has 0 bridgehead atoms. The zero-order valence-corrected chi connectivity index (χ0v) is 9.58. The molecular formula is C10H21NO4. The minimum absolute atomic E-state index is 0.0787. The molecule has 0 rings (SSSR count). The van der Waals surface area contributed by atoms with Crippen LogP contribution < -0.4 is 5.32 Å². The number of hydrogen-bond acceptors (Lipinski definition) is 4. The van der Waals surface area contributed by atoms with Crippen LogP contribution in [0, 0.1) is 0 Å². The average Bonchev–Trinajstić information content (AvgIpc) is 2.17. The molecular weight excluding hydrogens is 198 g/mol. The molecule has 0 amide bonds. The molecule has 0 aromatic heterocycles. The topological polar surface area (TPSA) is 89.8 Å². The van der Waals surface area contributed by atoms with Crippen molar-refractivity contribution >= 4 is 5.97 Å². The fraction of sp³-hybridized carbons (Fsp3) is 0.900. The second-order valence-electron chi connectivity index (χ2n) is 4.11. The highest BCUT2D eigenvalue weighted by atomic mass is 16.4. The first-order valence-corrected chi connectivity index (χ1v) is 5.16. The summed E-state index contributed by atoms with van der Waals surface area (Å²) < 4.78 is 0. The van der Waals surface area contributed by atoms with Gasteiger partial charge in [0.05, 0.1) is 5.60 Å². The molecule has 4 N–H and O–H groups in total. The van der Waals surface area contributed by atoms with Crippen LogP contribution in [0.1, 0.15) is 33.6 Å². The third-order valence-electron chi connectivity index (χ3n) is 2.70. The van der Waals surface area contributed by atoms with E-state index in [2.05, 4.69) is 5.32 Å². The van der Waals surface area contributed by atoms with E-state index in [1.807, 2.05) is 13.8 Å². The normalized spacial score (nSPS) is 16.1. The van der Waals surface area contributed by atoms with Crippen molar-refractivity contribution in [3.05, 3.63) is 0 Å². The van der Waals surface area contributed by atoms with Gasteiger partial charge in [-0.3, -0.25) is 0 Å². The minimum atomic E-state index is -1.79. The van der Waals surface area contributed by atoms with Crippen LogP contribution in [0.15, 0.2) is 0 Å². The van der Waals surface area contributed by atoms with Gasteiger partial charge >= 0.3 is 5.97 Å². The summed E-state index contributed by atoms with van der Waals surface area (Å²) in [5, 5.41) is 30.7. The first-order valence-electron chi connectivity index (χ1n) is 5.16. The van der Waals surface area contributed by atoms with Gasteiger partial charge in [0.15, 0.2) is 5.60 Å². The van der Waals surface area contributed by atoms with E-state index in [0.29, 0.717) is 12.8 Å². The molecule has 0 saturated heterocycles. The molecule has 15 heavy (non-hydrogen) atoms. The number of rotatable bonds is 7. The van der Waals surface area contributed by atoms with Crippen molar-refractivity contribution in [2.75, 3.05) is 13.1 Å². The van der Waals surface area contributed by atoms with E-state index in [0.717, 1.165) is 0 Å². The highest BCUT2D eigenvalue weighted by Crippen LogP contribution is 2.13. The molecule has 0 aromatic carbocycles. The number of nitrogens with one attached hydrogen (secondary N) is 1. The van der Waals surface area contributed by atoms with Gasteiger partial charge in [0.1, 0.15) is 0 Å². The average molecular weight is 219 g/mol. The van der Waals surface area contributed by atoms with Crippen LogP contribution in [0.3, 0.4) is 0 Å². The van der Waals surface area contributed by atoms with Crippen LogP contribution in [0.4, 0.5) is 0 Å². The maximum Gasteiger partial charge on any atom is 0.336 e. The number of carbonyl (C=O) groups is 1. The molecule has 0 aliphatic carbocycles. The van der Waals surface area contributed by atoms with Crippen LogP contribution >= 0.6 is 0 Å². The minimum Gasteiger partial charge on any atom is -0.479 e. The van der Waals surface area contributed by atoms with Crippen molar-refractivity contribution < 1.29 is 20.1 Å². The molecule has 0 saturated carbocycles. The van der Waals surface area contributed by atoms with Gasteiger partial charge in [-0.05, 0) is 19.8 Å². The van der Waals surface area contributed by atoms with Gasteiger partial charge in [0.2, 0.25) is 0 Å². The second kappa shape index (κ2) is 5.44. The monoisotopic (exact) mass is 219 g/mol. The summed E-state index contributed by atoms with van der Waals surface area (Å²) in [6.07, 6.45) is 1.18. The number of aliphatic hydroxyl groups is 2. The quantitative estimate of drug-likeness (QED) is 0.482. The summed E-state index contributed by atoms with van der Waals surface area (Å²) >= 11 is 0. The fourth-order valence-corrected chi connectivity index (χ4v) is 1.11. The molecule has 1 unspecified atom stereocenters. The lowest BCUT2D eigenvalue weighted by Gasteiger charge is -2.27. The van der Waals surface area contributed by atoms with Crippen molar-refractivity contribution in [1.82, 2.24) is 5.32 Å². The lowest BCUT2D eigenvalue weighted by molar-refractivity contribution is -0.156. The molecule has 0 heterocycles. The molecule has 0 aromatic rings. The highest BCUT2D eigenvalue weighted by Gasteiger charge is 2.30. The molecule has 0 radical (unpaired) electrons. The van der Waals surface area contributed by atoms with E-state index in [-0.39, 0.29) is 13.1 Å². The van der Waals surface area contributed by atoms with Crippen molar-refractivity contribution in [3.63, 3.8) is 0 Å². The van der Waals surface area contributed by atoms with Crippen LogP contribution in [-0.4, -0.2) is 45.6 Å². The Labute approximate surface area is 90.1 Å². The van der Waals surface area contributed by atoms with Gasteiger partial charge in [0.25, 0.3) is 0 Å². The van der Waals surface area contributed by atoms with Crippen LogP contribution in [0.2, 0.25) is 0 Å². The van der Waals surface area contributed by atoms with E-state index in [1.54, 1.807) is 0 Å². The zero-order chi connectivity index (χ0) is 12.1. The molecule has 90 valence electrons. The van der Waals surface area contributed by atoms with E-state index in [1.165, 1.54) is 6.92 Å². The van der Waals surface area contributed by atoms with E-state index in [4.69, 9.17) is 5.11 Å². The van der Waals surface area contributed by atoms with Gasteiger partial charge in [-0.2, -0.15) is 0 Å². The standard InChI is InChI=1S/C10H21NO4/c1-4-10(15,5-2)7-11-6-9(3,14)8(12)13/h11,14-15H,4-7H2,1-3H3,(H,12,13). The van der Waals surface area contributed by atoms with Crippen LogP contribution in [-0.2, 0) is 4.79 Å². The maximum atomic E-state index is 10.6. The molecule has 5 heteroatoms. The Morgan fingerprint density at radius 2 is 1.67 bits per heavy atom. The third kappa shape index (κ3) is 4.59. The fourth-order valence-electron chi connectivity index (χ4n) is 1.11. The summed E-state index contributed by atoms with van der Waals surface area (Å²) in [5.41, 5.74) is -2.61. The smallest absolute Gasteiger partial charge is 0.336 e. The van der Waals surface area contributed by atoms with Crippen molar-refractivity contribution in [2.24, 2.45) is 0 Å². The second-order valence-corrected chi connectivity index (χ2v) is 4.11. The summed E-state index contributed by atoms with van der Waals surface area (Å²) in [7, 11) is 0. The summed E-state index contributed by atoms with van der Waals surface area (Å²) in [5.74, 6) is -1.27. The van der Waals surface area contributed by atoms with E-state index < -0.39 is 17.2 Å². The van der Waals surface area contributed by atoms with Gasteiger partial charge < -0.3 is 20.6 Å². The molecule has 0 aliphatic heterocycles. The van der Waals surface area contributed by atoms with Gasteiger partial charge in [0, 0.05) is 13.1 Å². The Morgan fingerprint density at radius 1 is 1.20 bits per heavy atom. The van der Waals surface area contributed by atoms with Gasteiger partial charge in [-0.25, -0.2) is 4.79 Å². The first kappa shape index (κ1) is 14.3. The predicted octanol–water partition coefficient (Wildman–Crippen LogP) is -0.0373. The molecule has 0 spiro atoms. The summed E-state index contributed by atoms with van der Waals surface area (Å²) in [6, 6.07) is 0. The Kier molecular flexibility index (Phi) is 5.20. The Morgan fingerprint density at radius 3 is 2.00 bits per heavy atom. The SMILES string of the molecule is CCC(O)(CC)CNCC(C)(O)C(=O)O. The van der Waals surface area contributed by atoms with Gasteiger partial charge in [-0.15, -0.1) is 0 Å². The Hall–Kier alpha value is -0.650. The predicted molar refractivity (Wildman–Crippen MR) is 56.7 cm³/mol. The molecule has 0 aliphatic rings. The van der Waals surface area contributed by atoms with Gasteiger partial charge in [-0.1, -0.05) is 13.8 Å². The molecule has 0 fully saturated rings. The van der Waals surface area contributed by atoms with E-state index >= 15 is 0 Å². The number of carboxylic acids is 1. The highest BCUT2D eigenvalue weighted by molar-refractivity contribution is 5.76. The summed E-state index contributed by atoms with van der Waals surface area (Å²) in [4.78, 5) is 10.6. The Bertz CT molecular complexity index is 211.